The van der Waals surface area contributed by atoms with Crippen LogP contribution in [0.5, 0.6) is 0 Å². The van der Waals surface area contributed by atoms with Crippen LogP contribution < -0.4 is 10.5 Å². The summed E-state index contributed by atoms with van der Waals surface area (Å²) in [5, 5.41) is 1.12. The van der Waals surface area contributed by atoms with Crippen molar-refractivity contribution in [2.75, 3.05) is 18.0 Å². The first-order chi connectivity index (χ1) is 13.5. The van der Waals surface area contributed by atoms with E-state index in [4.69, 9.17) is 9.40 Å². The van der Waals surface area contributed by atoms with Crippen LogP contribution >= 0.6 is 0 Å². The van der Waals surface area contributed by atoms with Crippen molar-refractivity contribution in [2.24, 2.45) is 7.05 Å². The van der Waals surface area contributed by atoms with Crippen molar-refractivity contribution in [3.63, 3.8) is 0 Å². The van der Waals surface area contributed by atoms with Gasteiger partial charge in [-0.1, -0.05) is 37.3 Å². The molecule has 0 amide bonds. The molecule has 0 N–H and O–H groups in total. The summed E-state index contributed by atoms with van der Waals surface area (Å²) < 4.78 is 7.79. The van der Waals surface area contributed by atoms with E-state index < -0.39 is 0 Å². The number of para-hydroxylation sites is 3. The van der Waals surface area contributed by atoms with Gasteiger partial charge in [0.25, 0.3) is 5.56 Å². The summed E-state index contributed by atoms with van der Waals surface area (Å²) in [6, 6.07) is 17.8. The van der Waals surface area contributed by atoms with Gasteiger partial charge in [-0.3, -0.25) is 4.79 Å². The summed E-state index contributed by atoms with van der Waals surface area (Å²) in [5.41, 5.74) is 3.69. The Labute approximate surface area is 163 Å². The molecule has 28 heavy (non-hydrogen) atoms. The van der Waals surface area contributed by atoms with Gasteiger partial charge in [-0.2, -0.15) is 0 Å². The normalized spacial score (nSPS) is 16.7. The maximum absolute atomic E-state index is 12.5. The Morgan fingerprint density at radius 1 is 1.04 bits per heavy atom. The minimum atomic E-state index is -0.0922. The summed E-state index contributed by atoms with van der Waals surface area (Å²) >= 11 is 0. The summed E-state index contributed by atoms with van der Waals surface area (Å²) in [7, 11) is 1.83. The molecule has 1 aliphatic rings. The first kappa shape index (κ1) is 17.0. The number of hydrogen-bond acceptors (Lipinski definition) is 4. The van der Waals surface area contributed by atoms with Crippen LogP contribution in [-0.4, -0.2) is 22.6 Å². The molecule has 0 aliphatic carbocycles. The number of anilines is 1. The van der Waals surface area contributed by atoms with E-state index in [1.54, 1.807) is 10.6 Å². The van der Waals surface area contributed by atoms with Crippen molar-refractivity contribution in [2.45, 2.75) is 25.2 Å². The Hall–Kier alpha value is -3.08. The zero-order valence-electron chi connectivity index (χ0n) is 16.2. The summed E-state index contributed by atoms with van der Waals surface area (Å²) in [4.78, 5) is 19.5. The van der Waals surface area contributed by atoms with E-state index in [0.717, 1.165) is 59.5 Å². The van der Waals surface area contributed by atoms with Gasteiger partial charge in [0.2, 0.25) is 5.89 Å². The van der Waals surface area contributed by atoms with Gasteiger partial charge in [0.15, 0.2) is 5.58 Å². The van der Waals surface area contributed by atoms with Crippen LogP contribution in [0.15, 0.2) is 63.8 Å². The lowest BCUT2D eigenvalue weighted by Gasteiger charge is -2.39. The standard InChI is InChI=1S/C23H23N3O2/c1-23(22-24-17-8-4-6-10-20(17)28-22)11-13-26(14-12-23)19-15-21(27)25(2)18-9-5-3-7-16(18)19/h3-10,15H,11-14H2,1-2H3. The van der Waals surface area contributed by atoms with Crippen molar-refractivity contribution < 1.29 is 4.42 Å². The number of benzene rings is 2. The van der Waals surface area contributed by atoms with Gasteiger partial charge in [-0.15, -0.1) is 0 Å². The number of nitrogens with zero attached hydrogens (tertiary/aromatic N) is 3. The molecule has 5 rings (SSSR count). The number of aromatic nitrogens is 2. The first-order valence-corrected chi connectivity index (χ1v) is 9.75. The number of pyridine rings is 1. The minimum Gasteiger partial charge on any atom is -0.440 e. The van der Waals surface area contributed by atoms with Gasteiger partial charge < -0.3 is 13.9 Å². The molecule has 5 nitrogen and oxygen atoms in total. The fourth-order valence-electron chi connectivity index (χ4n) is 4.24. The van der Waals surface area contributed by atoms with Gasteiger partial charge in [0.05, 0.1) is 11.2 Å². The fourth-order valence-corrected chi connectivity index (χ4v) is 4.24. The molecule has 2 aromatic carbocycles. The Morgan fingerprint density at radius 2 is 1.75 bits per heavy atom. The average Bonchev–Trinajstić information content (AvgIpc) is 3.17. The number of rotatable bonds is 2. The van der Waals surface area contributed by atoms with E-state index in [2.05, 4.69) is 17.9 Å². The molecule has 0 unspecified atom stereocenters. The first-order valence-electron chi connectivity index (χ1n) is 9.75. The highest BCUT2D eigenvalue weighted by molar-refractivity contribution is 5.92. The summed E-state index contributed by atoms with van der Waals surface area (Å²) in [6.45, 7) is 3.97. The quantitative estimate of drug-likeness (QED) is 0.527. The minimum absolute atomic E-state index is 0.0287. The number of piperidine rings is 1. The van der Waals surface area contributed by atoms with Gasteiger partial charge in [0.1, 0.15) is 5.52 Å². The third-order valence-corrected chi connectivity index (χ3v) is 6.15. The van der Waals surface area contributed by atoms with Gasteiger partial charge in [0, 0.05) is 37.0 Å². The monoisotopic (exact) mass is 373 g/mol. The zero-order chi connectivity index (χ0) is 19.3. The van der Waals surface area contributed by atoms with E-state index in [-0.39, 0.29) is 11.0 Å². The van der Waals surface area contributed by atoms with Crippen LogP contribution in [0.3, 0.4) is 0 Å². The van der Waals surface area contributed by atoms with Gasteiger partial charge >= 0.3 is 0 Å². The molecular formula is C23H23N3O2. The third kappa shape index (κ3) is 2.61. The average molecular weight is 373 g/mol. The molecule has 0 saturated carbocycles. The second-order valence-corrected chi connectivity index (χ2v) is 7.98. The zero-order valence-corrected chi connectivity index (χ0v) is 16.2. The largest absolute Gasteiger partial charge is 0.440 e. The van der Waals surface area contributed by atoms with Crippen molar-refractivity contribution in [1.82, 2.24) is 9.55 Å². The highest BCUT2D eigenvalue weighted by Gasteiger charge is 2.36. The highest BCUT2D eigenvalue weighted by Crippen LogP contribution is 2.38. The van der Waals surface area contributed by atoms with E-state index in [1.165, 1.54) is 0 Å². The van der Waals surface area contributed by atoms with E-state index >= 15 is 0 Å². The van der Waals surface area contributed by atoms with Gasteiger partial charge in [-0.25, -0.2) is 4.98 Å². The lowest BCUT2D eigenvalue weighted by molar-refractivity contribution is 0.292. The Kier molecular flexibility index (Phi) is 3.79. The van der Waals surface area contributed by atoms with Crippen LogP contribution in [0.1, 0.15) is 25.7 Å². The Morgan fingerprint density at radius 3 is 2.54 bits per heavy atom. The van der Waals surface area contributed by atoms with E-state index in [0.29, 0.717) is 0 Å². The highest BCUT2D eigenvalue weighted by atomic mass is 16.3. The molecule has 3 heterocycles. The number of aryl methyl sites for hydroxylation is 1. The molecule has 0 radical (unpaired) electrons. The van der Waals surface area contributed by atoms with Gasteiger partial charge in [-0.05, 0) is 31.0 Å². The summed E-state index contributed by atoms with van der Waals surface area (Å²) in [5.74, 6) is 0.821. The molecule has 1 fully saturated rings. The SMILES string of the molecule is Cn1c(=O)cc(N2CCC(C)(c3nc4ccccc4o3)CC2)c2ccccc21. The molecule has 5 heteroatoms. The second-order valence-electron chi connectivity index (χ2n) is 7.98. The lowest BCUT2D eigenvalue weighted by Crippen LogP contribution is -2.41. The Bertz CT molecular complexity index is 1200. The van der Waals surface area contributed by atoms with Crippen LogP contribution in [0.4, 0.5) is 5.69 Å². The third-order valence-electron chi connectivity index (χ3n) is 6.15. The van der Waals surface area contributed by atoms with Crippen LogP contribution in [0.25, 0.3) is 22.0 Å². The van der Waals surface area contributed by atoms with E-state index in [9.17, 15) is 4.79 Å². The number of fused-ring (bicyclic) bond motifs is 2. The number of oxazole rings is 1. The summed E-state index contributed by atoms with van der Waals surface area (Å²) in [6.07, 6.45) is 1.87. The molecular weight excluding hydrogens is 350 g/mol. The van der Waals surface area contributed by atoms with Crippen LogP contribution in [0, 0.1) is 0 Å². The molecule has 1 saturated heterocycles. The predicted octanol–water partition coefficient (Wildman–Crippen LogP) is 4.24. The molecule has 2 aromatic heterocycles. The van der Waals surface area contributed by atoms with E-state index in [1.807, 2.05) is 49.5 Å². The molecule has 0 atom stereocenters. The van der Waals surface area contributed by atoms with Crippen molar-refractivity contribution >= 4 is 27.7 Å². The topological polar surface area (TPSA) is 51.3 Å². The molecule has 4 aromatic rings. The van der Waals surface area contributed by atoms with Crippen molar-refractivity contribution in [1.29, 1.82) is 0 Å². The predicted molar refractivity (Wildman–Crippen MR) is 112 cm³/mol. The maximum atomic E-state index is 12.5. The van der Waals surface area contributed by atoms with Crippen molar-refractivity contribution in [3.8, 4) is 0 Å². The molecule has 0 spiro atoms. The van der Waals surface area contributed by atoms with Crippen LogP contribution in [-0.2, 0) is 12.5 Å². The molecule has 142 valence electrons. The fraction of sp³-hybridized carbons (Fsp3) is 0.304. The molecule has 1 aliphatic heterocycles. The smallest absolute Gasteiger partial charge is 0.252 e. The lowest BCUT2D eigenvalue weighted by atomic mass is 9.80. The van der Waals surface area contributed by atoms with Crippen LogP contribution in [0.2, 0.25) is 0 Å². The van der Waals surface area contributed by atoms with Crippen molar-refractivity contribution in [3.05, 3.63) is 70.8 Å². The maximum Gasteiger partial charge on any atom is 0.252 e. The Balaban J connectivity index is 1.47. The second kappa shape index (κ2) is 6.23. The molecule has 0 bridgehead atoms. The number of hydrogen-bond donors (Lipinski definition) is 0.